The van der Waals surface area contributed by atoms with Crippen LogP contribution in [0.1, 0.15) is 58.3 Å². The molecule has 2 unspecified atom stereocenters. The van der Waals surface area contributed by atoms with Crippen molar-refractivity contribution in [1.82, 2.24) is 9.80 Å². The zero-order chi connectivity index (χ0) is 12.4. The number of hydrogen-bond acceptors (Lipinski definition) is 2. The third kappa shape index (κ3) is 2.91. The van der Waals surface area contributed by atoms with Gasteiger partial charge in [0.25, 0.3) is 0 Å². The van der Waals surface area contributed by atoms with Crippen LogP contribution >= 0.6 is 0 Å². The molecule has 2 atom stereocenters. The molecule has 104 valence electrons. The molecule has 0 N–H and O–H groups in total. The van der Waals surface area contributed by atoms with E-state index in [1.807, 2.05) is 0 Å². The van der Waals surface area contributed by atoms with Crippen LogP contribution in [0.5, 0.6) is 0 Å². The topological polar surface area (TPSA) is 6.48 Å². The first-order valence-electron chi connectivity index (χ1n) is 8.31. The van der Waals surface area contributed by atoms with E-state index in [-0.39, 0.29) is 0 Å². The van der Waals surface area contributed by atoms with Crippen molar-refractivity contribution in [2.75, 3.05) is 26.2 Å². The van der Waals surface area contributed by atoms with Crippen molar-refractivity contribution in [1.29, 1.82) is 0 Å². The van der Waals surface area contributed by atoms with E-state index < -0.39 is 0 Å². The maximum Gasteiger partial charge on any atom is 0.0224 e. The summed E-state index contributed by atoms with van der Waals surface area (Å²) in [5, 5.41) is 0. The summed E-state index contributed by atoms with van der Waals surface area (Å²) >= 11 is 0. The van der Waals surface area contributed by atoms with Gasteiger partial charge in [0.2, 0.25) is 0 Å². The average molecular weight is 250 g/mol. The lowest BCUT2D eigenvalue weighted by atomic mass is 10.0. The molecule has 0 radical (unpaired) electrons. The Balaban J connectivity index is 1.41. The summed E-state index contributed by atoms with van der Waals surface area (Å²) in [6, 6.07) is 1.69. The molecule has 1 aliphatic carbocycles. The predicted molar refractivity (Wildman–Crippen MR) is 76.8 cm³/mol. The Bertz CT molecular complexity index is 260. The first-order valence-corrected chi connectivity index (χ1v) is 8.31. The lowest BCUT2D eigenvalue weighted by Crippen LogP contribution is -2.55. The summed E-state index contributed by atoms with van der Waals surface area (Å²) in [4.78, 5) is 5.51. The van der Waals surface area contributed by atoms with Gasteiger partial charge in [0.15, 0.2) is 0 Å². The molecule has 3 fully saturated rings. The lowest BCUT2D eigenvalue weighted by Gasteiger charge is -2.42. The van der Waals surface area contributed by atoms with Crippen LogP contribution in [0, 0.1) is 5.92 Å². The van der Waals surface area contributed by atoms with Crippen molar-refractivity contribution in [3.63, 3.8) is 0 Å². The average Bonchev–Trinajstić information content (AvgIpc) is 3.00. The molecule has 2 heterocycles. The molecule has 0 bridgehead atoms. The van der Waals surface area contributed by atoms with Gasteiger partial charge in [-0.15, -0.1) is 0 Å². The summed E-state index contributed by atoms with van der Waals surface area (Å²) in [5.74, 6) is 1.08. The molecule has 1 saturated carbocycles. The molecule has 0 amide bonds. The van der Waals surface area contributed by atoms with E-state index in [2.05, 4.69) is 16.7 Å². The molecule has 3 rings (SSSR count). The van der Waals surface area contributed by atoms with Crippen molar-refractivity contribution in [2.24, 2.45) is 5.92 Å². The Morgan fingerprint density at radius 2 is 1.83 bits per heavy atom. The van der Waals surface area contributed by atoms with E-state index in [1.54, 1.807) is 0 Å². The normalized spacial score (nSPS) is 35.2. The van der Waals surface area contributed by atoms with Gasteiger partial charge in [0.1, 0.15) is 0 Å². The SMILES string of the molecule is CC1CN2CCCC2CN1CCCC1CCCC1. The van der Waals surface area contributed by atoms with Gasteiger partial charge < -0.3 is 0 Å². The molecule has 2 nitrogen and oxygen atoms in total. The van der Waals surface area contributed by atoms with E-state index in [0.717, 1.165) is 18.0 Å². The molecular weight excluding hydrogens is 220 g/mol. The third-order valence-electron chi connectivity index (χ3n) is 5.60. The molecule has 18 heavy (non-hydrogen) atoms. The Morgan fingerprint density at radius 3 is 2.67 bits per heavy atom. The summed E-state index contributed by atoms with van der Waals surface area (Å²) < 4.78 is 0. The molecule has 0 aromatic carbocycles. The molecule has 2 saturated heterocycles. The summed E-state index contributed by atoms with van der Waals surface area (Å²) in [6.07, 6.45) is 11.9. The van der Waals surface area contributed by atoms with Crippen LogP contribution < -0.4 is 0 Å². The van der Waals surface area contributed by atoms with E-state index in [9.17, 15) is 0 Å². The number of nitrogens with zero attached hydrogens (tertiary/aromatic N) is 2. The standard InChI is InChI=1S/C16H30N2/c1-14-12-18-11-5-9-16(18)13-17(14)10-4-8-15-6-2-3-7-15/h14-16H,2-13H2,1H3. The van der Waals surface area contributed by atoms with Gasteiger partial charge in [0.05, 0.1) is 0 Å². The van der Waals surface area contributed by atoms with Crippen molar-refractivity contribution in [3.8, 4) is 0 Å². The third-order valence-corrected chi connectivity index (χ3v) is 5.60. The molecule has 2 aliphatic heterocycles. The van der Waals surface area contributed by atoms with Crippen LogP contribution in [0.25, 0.3) is 0 Å². The maximum absolute atomic E-state index is 2.78. The summed E-state index contributed by atoms with van der Waals surface area (Å²) in [5.41, 5.74) is 0. The summed E-state index contributed by atoms with van der Waals surface area (Å²) in [6.45, 7) is 7.84. The van der Waals surface area contributed by atoms with Gasteiger partial charge in [-0.2, -0.15) is 0 Å². The van der Waals surface area contributed by atoms with Crippen LogP contribution in [-0.4, -0.2) is 48.1 Å². The van der Waals surface area contributed by atoms with Gasteiger partial charge in [-0.3, -0.25) is 9.80 Å². The smallest absolute Gasteiger partial charge is 0.0224 e. The number of fused-ring (bicyclic) bond motifs is 1. The Kier molecular flexibility index (Phi) is 4.25. The highest BCUT2D eigenvalue weighted by Gasteiger charge is 2.33. The zero-order valence-electron chi connectivity index (χ0n) is 12.1. The van der Waals surface area contributed by atoms with Crippen LogP contribution in [0.3, 0.4) is 0 Å². The Morgan fingerprint density at radius 1 is 1.00 bits per heavy atom. The van der Waals surface area contributed by atoms with Gasteiger partial charge in [0, 0.05) is 25.2 Å². The highest BCUT2D eigenvalue weighted by molar-refractivity contribution is 4.90. The first-order chi connectivity index (χ1) is 8.83. The minimum Gasteiger partial charge on any atom is -0.298 e. The van der Waals surface area contributed by atoms with Gasteiger partial charge in [-0.1, -0.05) is 25.7 Å². The molecule has 3 aliphatic rings. The fourth-order valence-corrected chi connectivity index (χ4v) is 4.44. The predicted octanol–water partition coefficient (Wildman–Crippen LogP) is 3.13. The van der Waals surface area contributed by atoms with E-state index in [4.69, 9.17) is 0 Å². The van der Waals surface area contributed by atoms with Crippen molar-refractivity contribution >= 4 is 0 Å². The largest absolute Gasteiger partial charge is 0.298 e. The fraction of sp³-hybridized carbons (Fsp3) is 1.00. The van der Waals surface area contributed by atoms with Gasteiger partial charge in [-0.25, -0.2) is 0 Å². The highest BCUT2D eigenvalue weighted by Crippen LogP contribution is 2.29. The maximum atomic E-state index is 2.78. The molecule has 2 heteroatoms. The molecule has 0 spiro atoms. The Labute approximate surface area is 113 Å². The van der Waals surface area contributed by atoms with Crippen molar-refractivity contribution < 1.29 is 0 Å². The first kappa shape index (κ1) is 12.9. The lowest BCUT2D eigenvalue weighted by molar-refractivity contribution is 0.0576. The van der Waals surface area contributed by atoms with Crippen molar-refractivity contribution in [2.45, 2.75) is 70.4 Å². The van der Waals surface area contributed by atoms with Crippen molar-refractivity contribution in [3.05, 3.63) is 0 Å². The second kappa shape index (κ2) is 5.92. The molecular formula is C16H30N2. The van der Waals surface area contributed by atoms with Crippen LogP contribution in [0.4, 0.5) is 0 Å². The second-order valence-electron chi connectivity index (χ2n) is 6.93. The monoisotopic (exact) mass is 250 g/mol. The quantitative estimate of drug-likeness (QED) is 0.756. The van der Waals surface area contributed by atoms with E-state index in [0.29, 0.717) is 0 Å². The summed E-state index contributed by atoms with van der Waals surface area (Å²) in [7, 11) is 0. The number of piperazine rings is 1. The van der Waals surface area contributed by atoms with Gasteiger partial charge in [-0.05, 0) is 51.6 Å². The fourth-order valence-electron chi connectivity index (χ4n) is 4.44. The molecule has 0 aromatic heterocycles. The Hall–Kier alpha value is -0.0800. The zero-order valence-corrected chi connectivity index (χ0v) is 12.1. The van der Waals surface area contributed by atoms with E-state index in [1.165, 1.54) is 77.5 Å². The second-order valence-corrected chi connectivity index (χ2v) is 6.93. The van der Waals surface area contributed by atoms with Crippen LogP contribution in [0.2, 0.25) is 0 Å². The van der Waals surface area contributed by atoms with Crippen LogP contribution in [0.15, 0.2) is 0 Å². The van der Waals surface area contributed by atoms with E-state index >= 15 is 0 Å². The minimum atomic E-state index is 0.794. The van der Waals surface area contributed by atoms with Crippen LogP contribution in [-0.2, 0) is 0 Å². The molecule has 0 aromatic rings. The minimum absolute atomic E-state index is 0.794. The highest BCUT2D eigenvalue weighted by atomic mass is 15.3. The van der Waals surface area contributed by atoms with Gasteiger partial charge >= 0.3 is 0 Å². The number of hydrogen-bond donors (Lipinski definition) is 0. The number of rotatable bonds is 4.